The number of carbonyl (C=O) groups is 2. The summed E-state index contributed by atoms with van der Waals surface area (Å²) in [6.07, 6.45) is 0.791. The number of pyridine rings is 1. The van der Waals surface area contributed by atoms with Crippen LogP contribution in [0.1, 0.15) is 66.0 Å². The van der Waals surface area contributed by atoms with Crippen molar-refractivity contribution in [3.8, 4) is 0 Å². The largest absolute Gasteiger partial charge is 0.444 e. The van der Waals surface area contributed by atoms with Crippen LogP contribution in [0.5, 0.6) is 0 Å². The van der Waals surface area contributed by atoms with Crippen molar-refractivity contribution in [2.45, 2.75) is 58.5 Å². The average molecular weight is 531 g/mol. The highest BCUT2D eigenvalue weighted by atomic mass is 32.1. The molecule has 1 aliphatic heterocycles. The van der Waals surface area contributed by atoms with Crippen LogP contribution in [-0.4, -0.2) is 47.1 Å². The van der Waals surface area contributed by atoms with Gasteiger partial charge in [0.1, 0.15) is 26.9 Å². The molecule has 2 aromatic heterocycles. The number of thiophene rings is 1. The Morgan fingerprint density at radius 1 is 1.19 bits per heavy atom. The number of nitrogen functional groups attached to an aromatic ring is 1. The average Bonchev–Trinajstić information content (AvgIpc) is 3.15. The van der Waals surface area contributed by atoms with Gasteiger partial charge in [-0.25, -0.2) is 18.6 Å². The fourth-order valence-corrected chi connectivity index (χ4v) is 5.51. The summed E-state index contributed by atoms with van der Waals surface area (Å²) in [5, 5.41) is 3.47. The van der Waals surface area contributed by atoms with Gasteiger partial charge in [0.05, 0.1) is 5.69 Å². The fraction of sp³-hybridized carbons (Fsp3) is 0.444. The van der Waals surface area contributed by atoms with Gasteiger partial charge in [-0.1, -0.05) is 0 Å². The maximum atomic E-state index is 15.0. The Bertz CT molecular complexity index is 1330. The molecule has 3 N–H and O–H groups in total. The van der Waals surface area contributed by atoms with Gasteiger partial charge < -0.3 is 20.7 Å². The smallest absolute Gasteiger partial charge is 0.410 e. The van der Waals surface area contributed by atoms with Crippen LogP contribution < -0.4 is 11.1 Å². The van der Waals surface area contributed by atoms with Crippen LogP contribution in [-0.2, 0) is 11.2 Å². The summed E-state index contributed by atoms with van der Waals surface area (Å²) >= 11 is 1.21. The molecule has 4 rings (SSSR count). The molecule has 0 saturated carbocycles. The third-order valence-electron chi connectivity index (χ3n) is 6.37. The molecule has 0 radical (unpaired) electrons. The number of aromatic nitrogens is 1. The number of fused-ring (bicyclic) bond motifs is 1. The van der Waals surface area contributed by atoms with Crippen molar-refractivity contribution in [1.29, 1.82) is 0 Å². The fourth-order valence-electron chi connectivity index (χ4n) is 4.46. The Labute approximate surface area is 219 Å². The molecule has 3 aromatic rings. The lowest BCUT2D eigenvalue weighted by Crippen LogP contribution is -2.41. The van der Waals surface area contributed by atoms with Gasteiger partial charge in [-0.2, -0.15) is 0 Å². The highest BCUT2D eigenvalue weighted by molar-refractivity contribution is 7.21. The zero-order chi connectivity index (χ0) is 26.9. The molecule has 10 heteroatoms. The number of benzene rings is 1. The van der Waals surface area contributed by atoms with E-state index in [-0.39, 0.29) is 30.4 Å². The van der Waals surface area contributed by atoms with E-state index in [4.69, 9.17) is 10.5 Å². The Hall–Kier alpha value is -3.27. The van der Waals surface area contributed by atoms with Crippen molar-refractivity contribution in [1.82, 2.24) is 15.2 Å². The van der Waals surface area contributed by atoms with Gasteiger partial charge in [0.15, 0.2) is 0 Å². The van der Waals surface area contributed by atoms with Crippen molar-refractivity contribution >= 4 is 39.2 Å². The molecular weight excluding hydrogens is 498 g/mol. The van der Waals surface area contributed by atoms with E-state index in [1.54, 1.807) is 25.7 Å². The number of nitrogens with two attached hydrogens (primary N) is 1. The van der Waals surface area contributed by atoms with Crippen LogP contribution in [0.15, 0.2) is 24.3 Å². The number of nitrogens with one attached hydrogen (secondary N) is 1. The molecule has 0 bridgehead atoms. The first kappa shape index (κ1) is 26.8. The van der Waals surface area contributed by atoms with E-state index in [1.165, 1.54) is 23.5 Å². The highest BCUT2D eigenvalue weighted by Crippen LogP contribution is 2.33. The number of amides is 2. The van der Waals surface area contributed by atoms with Crippen molar-refractivity contribution in [2.75, 3.05) is 25.4 Å². The van der Waals surface area contributed by atoms with E-state index in [9.17, 15) is 18.4 Å². The lowest BCUT2D eigenvalue weighted by atomic mass is 9.88. The molecule has 1 saturated heterocycles. The zero-order valence-corrected chi connectivity index (χ0v) is 22.3. The summed E-state index contributed by atoms with van der Waals surface area (Å²) in [7, 11) is 0. The number of likely N-dealkylation sites (tertiary alicyclic amines) is 1. The first-order valence-corrected chi connectivity index (χ1v) is 13.1. The van der Waals surface area contributed by atoms with Gasteiger partial charge in [-0.15, -0.1) is 11.3 Å². The van der Waals surface area contributed by atoms with Crippen molar-refractivity contribution in [2.24, 2.45) is 0 Å². The van der Waals surface area contributed by atoms with E-state index in [1.807, 2.05) is 19.1 Å². The van der Waals surface area contributed by atoms with Crippen LogP contribution in [0.2, 0.25) is 0 Å². The first-order chi connectivity index (χ1) is 17.4. The number of ether oxygens (including phenoxy) is 1. The second-order valence-electron chi connectivity index (χ2n) is 10.4. The van der Waals surface area contributed by atoms with Crippen molar-refractivity contribution in [3.63, 3.8) is 0 Å². The van der Waals surface area contributed by atoms with Crippen molar-refractivity contribution < 1.29 is 23.1 Å². The molecule has 198 valence electrons. The Kier molecular flexibility index (Phi) is 7.68. The number of hydrogen-bond acceptors (Lipinski definition) is 6. The number of nitrogens with zero attached hydrogens (tertiary/aromatic N) is 2. The minimum absolute atomic E-state index is 0.128. The molecule has 37 heavy (non-hydrogen) atoms. The van der Waals surface area contributed by atoms with Gasteiger partial charge in [0.2, 0.25) is 0 Å². The van der Waals surface area contributed by atoms with Gasteiger partial charge >= 0.3 is 6.09 Å². The summed E-state index contributed by atoms with van der Waals surface area (Å²) in [4.78, 5) is 32.0. The summed E-state index contributed by atoms with van der Waals surface area (Å²) < 4.78 is 35.2. The molecular formula is C27H32F2N4O3S. The standard InChI is InChI=1S/C27H32F2N4O3S/c1-15-5-6-18-22(30)23(37-25(18)32-15)24(34)31-10-7-17-13-21(29)19(14-20(17)28)16-8-11-33(12-9-16)26(35)36-27(2,3)4/h5-6,13-14,16H,7-12,30H2,1-4H3,(H,31,34). The number of anilines is 1. The molecule has 1 aromatic carbocycles. The number of halogens is 2. The molecule has 0 unspecified atom stereocenters. The topological polar surface area (TPSA) is 97.6 Å². The van der Waals surface area contributed by atoms with Gasteiger partial charge in [0, 0.05) is 30.7 Å². The lowest BCUT2D eigenvalue weighted by molar-refractivity contribution is 0.0204. The molecule has 3 heterocycles. The molecule has 7 nitrogen and oxygen atoms in total. The minimum atomic E-state index is -0.584. The maximum Gasteiger partial charge on any atom is 0.410 e. The van der Waals surface area contributed by atoms with Gasteiger partial charge in [-0.05, 0) is 88.3 Å². The number of aryl methyl sites for hydroxylation is 1. The summed E-state index contributed by atoms with van der Waals surface area (Å²) in [6, 6.07) is 6.12. The Morgan fingerprint density at radius 2 is 1.89 bits per heavy atom. The van der Waals surface area contributed by atoms with Gasteiger partial charge in [-0.3, -0.25) is 4.79 Å². The van der Waals surface area contributed by atoms with E-state index in [0.717, 1.165) is 11.1 Å². The molecule has 1 fully saturated rings. The summed E-state index contributed by atoms with van der Waals surface area (Å²) in [6.45, 7) is 8.25. The maximum absolute atomic E-state index is 15.0. The second-order valence-corrected chi connectivity index (χ2v) is 11.4. The van der Waals surface area contributed by atoms with Crippen LogP contribution in [0.4, 0.5) is 19.3 Å². The van der Waals surface area contributed by atoms with E-state index < -0.39 is 23.3 Å². The molecule has 2 amide bonds. The number of rotatable bonds is 5. The third-order valence-corrected chi connectivity index (χ3v) is 7.49. The highest BCUT2D eigenvalue weighted by Gasteiger charge is 2.29. The van der Waals surface area contributed by atoms with Crippen LogP contribution in [0, 0.1) is 18.6 Å². The number of hydrogen-bond donors (Lipinski definition) is 2. The monoisotopic (exact) mass is 530 g/mol. The quantitative estimate of drug-likeness (QED) is 0.451. The predicted molar refractivity (Wildman–Crippen MR) is 141 cm³/mol. The van der Waals surface area contributed by atoms with Crippen molar-refractivity contribution in [3.05, 3.63) is 57.6 Å². The van der Waals surface area contributed by atoms with Gasteiger partial charge in [0.25, 0.3) is 5.91 Å². The second kappa shape index (κ2) is 10.6. The number of carbonyl (C=O) groups excluding carboxylic acids is 2. The van der Waals surface area contributed by atoms with E-state index in [2.05, 4.69) is 10.3 Å². The first-order valence-electron chi connectivity index (χ1n) is 12.3. The number of piperidine rings is 1. The molecule has 0 aliphatic carbocycles. The Morgan fingerprint density at radius 3 is 2.57 bits per heavy atom. The van der Waals surface area contributed by atoms with E-state index >= 15 is 0 Å². The SMILES string of the molecule is Cc1ccc2c(N)c(C(=O)NCCc3cc(F)c(C4CCN(C(=O)OC(C)(C)C)CC4)cc3F)sc2n1. The predicted octanol–water partition coefficient (Wildman–Crippen LogP) is 5.55. The molecule has 0 spiro atoms. The van der Waals surface area contributed by atoms with Crippen LogP contribution in [0.25, 0.3) is 10.2 Å². The Balaban J connectivity index is 1.35. The third kappa shape index (κ3) is 6.18. The van der Waals surface area contributed by atoms with E-state index in [0.29, 0.717) is 46.9 Å². The zero-order valence-electron chi connectivity index (χ0n) is 21.5. The summed E-state index contributed by atoms with van der Waals surface area (Å²) in [5.74, 6) is -1.54. The van der Waals surface area contributed by atoms with Crippen LogP contribution >= 0.6 is 11.3 Å². The molecule has 0 atom stereocenters. The van der Waals surface area contributed by atoms with Crippen LogP contribution in [0.3, 0.4) is 0 Å². The molecule has 1 aliphatic rings. The minimum Gasteiger partial charge on any atom is -0.444 e. The lowest BCUT2D eigenvalue weighted by Gasteiger charge is -2.33. The normalized spacial score (nSPS) is 14.7. The summed E-state index contributed by atoms with van der Waals surface area (Å²) in [5.41, 5.74) is 7.24.